The highest BCUT2D eigenvalue weighted by molar-refractivity contribution is 7.90. The number of hydrogen-bond acceptors (Lipinski definition) is 9. The summed E-state index contributed by atoms with van der Waals surface area (Å²) in [6.07, 6.45) is 11.5. The molecule has 1 aliphatic rings. The Morgan fingerprint density at radius 2 is 1.66 bits per heavy atom. The fourth-order valence-electron chi connectivity index (χ4n) is 6.00. The van der Waals surface area contributed by atoms with Crippen LogP contribution in [0, 0.1) is 0 Å². The number of hydrogen-bond donors (Lipinski definition) is 3. The molecule has 13 heteroatoms. The molecule has 0 saturated heterocycles. The van der Waals surface area contributed by atoms with E-state index >= 15 is 0 Å². The van der Waals surface area contributed by atoms with Gasteiger partial charge in [0.05, 0.1) is 17.0 Å². The summed E-state index contributed by atoms with van der Waals surface area (Å²) in [5, 5.41) is 10.2. The van der Waals surface area contributed by atoms with E-state index in [1.807, 2.05) is 55.4 Å². The zero-order chi connectivity index (χ0) is 35.1. The summed E-state index contributed by atoms with van der Waals surface area (Å²) in [4.78, 5) is 40.5. The molecular formula is C37H40N8O4S. The lowest BCUT2D eigenvalue weighted by molar-refractivity contribution is -0.122. The Morgan fingerprint density at radius 1 is 0.900 bits per heavy atom. The molecule has 0 radical (unpaired) electrons. The van der Waals surface area contributed by atoms with Crippen molar-refractivity contribution in [3.63, 3.8) is 0 Å². The predicted octanol–water partition coefficient (Wildman–Crippen LogP) is 4.68. The fourth-order valence-corrected chi connectivity index (χ4v) is 7.33. The summed E-state index contributed by atoms with van der Waals surface area (Å²) in [5.74, 6) is 0.436. The predicted molar refractivity (Wildman–Crippen MR) is 193 cm³/mol. The lowest BCUT2D eigenvalue weighted by Crippen LogP contribution is -2.43. The molecule has 5 aromatic rings. The lowest BCUT2D eigenvalue weighted by Gasteiger charge is -2.29. The third-order valence-corrected chi connectivity index (χ3v) is 10.2. The molecule has 50 heavy (non-hydrogen) atoms. The minimum Gasteiger partial charge on any atom is -0.353 e. The summed E-state index contributed by atoms with van der Waals surface area (Å²) in [6.45, 7) is 0.715. The fraction of sp³-hybridized carbons (Fsp3) is 0.270. The SMILES string of the molecule is CN(C)C/C=C/C(=O)NC1CCC(NC(=O)Cc2cccc(Nc3cc(-c4cnc5c(ccn5S(=O)(=O)c5ccccc5)c4)ncn3)c2)CC1. The number of carbonyl (C=O) groups excluding carboxylic acids is 2. The van der Waals surface area contributed by atoms with Crippen LogP contribution in [-0.4, -0.2) is 76.8 Å². The van der Waals surface area contributed by atoms with Gasteiger partial charge in [0.1, 0.15) is 12.1 Å². The van der Waals surface area contributed by atoms with Crippen LogP contribution in [-0.2, 0) is 26.0 Å². The molecule has 0 spiro atoms. The van der Waals surface area contributed by atoms with Crippen LogP contribution >= 0.6 is 0 Å². The van der Waals surface area contributed by atoms with E-state index in [0.29, 0.717) is 34.7 Å². The molecule has 258 valence electrons. The molecule has 0 atom stereocenters. The highest BCUT2D eigenvalue weighted by Gasteiger charge is 2.23. The van der Waals surface area contributed by atoms with Crippen molar-refractivity contribution in [2.75, 3.05) is 26.0 Å². The molecule has 0 aliphatic heterocycles. The third kappa shape index (κ3) is 8.60. The highest BCUT2D eigenvalue weighted by Crippen LogP contribution is 2.27. The Kier molecular flexibility index (Phi) is 10.6. The minimum absolute atomic E-state index is 0.0427. The van der Waals surface area contributed by atoms with Crippen LogP contribution in [0.3, 0.4) is 0 Å². The molecule has 0 unspecified atom stereocenters. The number of fused-ring (bicyclic) bond motifs is 1. The second-order valence-corrected chi connectivity index (χ2v) is 14.5. The quantitative estimate of drug-likeness (QED) is 0.158. The third-order valence-electron chi connectivity index (χ3n) is 8.50. The van der Waals surface area contributed by atoms with Crippen molar-refractivity contribution < 1.29 is 18.0 Å². The number of likely N-dealkylation sites (N-methyl/N-ethyl adjacent to an activating group) is 1. The van der Waals surface area contributed by atoms with Crippen molar-refractivity contribution in [2.24, 2.45) is 0 Å². The van der Waals surface area contributed by atoms with Crippen LogP contribution in [0.25, 0.3) is 22.3 Å². The van der Waals surface area contributed by atoms with E-state index in [1.54, 1.807) is 54.7 Å². The van der Waals surface area contributed by atoms with Crippen LogP contribution < -0.4 is 16.0 Å². The van der Waals surface area contributed by atoms with Crippen molar-refractivity contribution in [3.05, 3.63) is 109 Å². The second kappa shape index (κ2) is 15.4. The first-order valence-electron chi connectivity index (χ1n) is 16.5. The molecular weight excluding hydrogens is 653 g/mol. The summed E-state index contributed by atoms with van der Waals surface area (Å²) >= 11 is 0. The van der Waals surface area contributed by atoms with Gasteiger partial charge in [-0.15, -0.1) is 0 Å². The van der Waals surface area contributed by atoms with Gasteiger partial charge in [-0.1, -0.05) is 36.4 Å². The largest absolute Gasteiger partial charge is 0.353 e. The van der Waals surface area contributed by atoms with Crippen LogP contribution in [0.15, 0.2) is 109 Å². The van der Waals surface area contributed by atoms with E-state index in [0.717, 1.165) is 36.9 Å². The monoisotopic (exact) mass is 692 g/mol. The molecule has 6 rings (SSSR count). The number of rotatable bonds is 12. The summed E-state index contributed by atoms with van der Waals surface area (Å²) in [5.41, 5.74) is 3.27. The Bertz CT molecular complexity index is 2110. The molecule has 0 bridgehead atoms. The van der Waals surface area contributed by atoms with Gasteiger partial charge < -0.3 is 20.9 Å². The van der Waals surface area contributed by atoms with Gasteiger partial charge in [0, 0.05) is 59.8 Å². The van der Waals surface area contributed by atoms with Crippen molar-refractivity contribution in [3.8, 4) is 11.3 Å². The zero-order valence-corrected chi connectivity index (χ0v) is 28.8. The van der Waals surface area contributed by atoms with Crippen LogP contribution in [0.1, 0.15) is 31.2 Å². The van der Waals surface area contributed by atoms with Gasteiger partial charge in [0.2, 0.25) is 11.8 Å². The number of anilines is 2. The van der Waals surface area contributed by atoms with Gasteiger partial charge in [0.15, 0.2) is 5.65 Å². The Labute approximate surface area is 291 Å². The maximum absolute atomic E-state index is 13.2. The zero-order valence-electron chi connectivity index (χ0n) is 28.0. The summed E-state index contributed by atoms with van der Waals surface area (Å²) in [7, 11) is 0.115. The smallest absolute Gasteiger partial charge is 0.269 e. The number of amides is 2. The lowest BCUT2D eigenvalue weighted by atomic mass is 9.91. The number of carbonyl (C=O) groups is 2. The minimum atomic E-state index is -3.79. The maximum atomic E-state index is 13.2. The van der Waals surface area contributed by atoms with Gasteiger partial charge in [-0.25, -0.2) is 27.3 Å². The van der Waals surface area contributed by atoms with E-state index in [-0.39, 0.29) is 35.2 Å². The van der Waals surface area contributed by atoms with E-state index in [4.69, 9.17) is 0 Å². The number of aromatic nitrogens is 4. The number of nitrogens with one attached hydrogen (secondary N) is 3. The first kappa shape index (κ1) is 34.5. The van der Waals surface area contributed by atoms with Crippen LogP contribution in [0.4, 0.5) is 11.5 Å². The van der Waals surface area contributed by atoms with Gasteiger partial charge in [-0.05, 0) is 81.7 Å². The topological polar surface area (TPSA) is 151 Å². The number of benzene rings is 2. The van der Waals surface area contributed by atoms with Crippen molar-refractivity contribution in [1.82, 2.24) is 34.5 Å². The molecule has 1 fully saturated rings. The average molecular weight is 693 g/mol. The number of nitrogens with zero attached hydrogens (tertiary/aromatic N) is 5. The van der Waals surface area contributed by atoms with Gasteiger partial charge in [-0.3, -0.25) is 9.59 Å². The second-order valence-electron chi connectivity index (χ2n) is 12.6. The van der Waals surface area contributed by atoms with E-state index < -0.39 is 10.0 Å². The molecule has 12 nitrogen and oxygen atoms in total. The van der Waals surface area contributed by atoms with Crippen LogP contribution in [0.5, 0.6) is 0 Å². The molecule has 2 amide bonds. The Morgan fingerprint density at radius 3 is 2.42 bits per heavy atom. The van der Waals surface area contributed by atoms with Crippen LogP contribution in [0.2, 0.25) is 0 Å². The molecule has 2 aromatic carbocycles. The maximum Gasteiger partial charge on any atom is 0.269 e. The summed E-state index contributed by atoms with van der Waals surface area (Å²) < 4.78 is 27.6. The standard InChI is InChI=1S/C37H40N8O4S/c1-44(2)18-7-12-35(46)42-29-13-15-30(16-14-29)43-36(47)21-26-8-6-9-31(20-26)41-34-23-33(39-25-40-34)28-22-27-17-19-45(37(27)38-24-28)50(48,49)32-10-4-3-5-11-32/h3-12,17,19-20,22-25,29-30H,13-16,18,21H2,1-2H3,(H,42,46)(H,43,47)(H,39,40,41)/b12-7+. The normalized spacial score (nSPS) is 16.5. The molecule has 1 aliphatic carbocycles. The van der Waals surface area contributed by atoms with Gasteiger partial charge >= 0.3 is 0 Å². The highest BCUT2D eigenvalue weighted by atomic mass is 32.2. The van der Waals surface area contributed by atoms with E-state index in [9.17, 15) is 18.0 Å². The average Bonchev–Trinajstić information content (AvgIpc) is 3.54. The van der Waals surface area contributed by atoms with E-state index in [2.05, 4.69) is 30.9 Å². The van der Waals surface area contributed by atoms with Crippen molar-refractivity contribution in [1.29, 1.82) is 0 Å². The first-order valence-corrected chi connectivity index (χ1v) is 18.0. The van der Waals surface area contributed by atoms with Crippen molar-refractivity contribution in [2.45, 2.75) is 49.1 Å². The number of pyridine rings is 1. The van der Waals surface area contributed by atoms with Crippen molar-refractivity contribution >= 4 is 44.4 Å². The summed E-state index contributed by atoms with van der Waals surface area (Å²) in [6, 6.07) is 21.4. The Hall–Kier alpha value is -5.40. The van der Waals surface area contributed by atoms with Gasteiger partial charge in [-0.2, -0.15) is 0 Å². The molecule has 3 N–H and O–H groups in total. The Balaban J connectivity index is 1.04. The first-order chi connectivity index (χ1) is 24.1. The molecule has 3 heterocycles. The molecule has 3 aromatic heterocycles. The van der Waals surface area contributed by atoms with Gasteiger partial charge in [0.25, 0.3) is 10.0 Å². The molecule has 1 saturated carbocycles. The van der Waals surface area contributed by atoms with E-state index in [1.165, 1.54) is 16.5 Å².